The number of benzene rings is 4. The predicted octanol–water partition coefficient (Wildman–Crippen LogP) is 6.56. The van der Waals surface area contributed by atoms with Crippen LogP contribution in [0.3, 0.4) is 0 Å². The summed E-state index contributed by atoms with van der Waals surface area (Å²) in [6.07, 6.45) is 1.97. The Morgan fingerprint density at radius 1 is 0.525 bits per heavy atom. The normalized spacial score (nSPS) is 17.1. The van der Waals surface area contributed by atoms with E-state index < -0.39 is 54.9 Å². The molecule has 5 heterocycles. The Labute approximate surface area is 336 Å². The van der Waals surface area contributed by atoms with Crippen molar-refractivity contribution in [2.75, 3.05) is 13.2 Å². The van der Waals surface area contributed by atoms with Gasteiger partial charge in [-0.2, -0.15) is 0 Å². The number of esters is 4. The second-order valence-corrected chi connectivity index (χ2v) is 14.6. The van der Waals surface area contributed by atoms with Crippen LogP contribution in [0.15, 0.2) is 122 Å². The van der Waals surface area contributed by atoms with E-state index in [9.17, 15) is 19.2 Å². The molecule has 298 valence electrons. The summed E-state index contributed by atoms with van der Waals surface area (Å²) in [5, 5.41) is 3.47. The van der Waals surface area contributed by atoms with Crippen molar-refractivity contribution in [3.05, 3.63) is 144 Å². The highest BCUT2D eigenvalue weighted by atomic mass is 16.7. The maximum absolute atomic E-state index is 13.8. The van der Waals surface area contributed by atoms with Crippen molar-refractivity contribution >= 4 is 67.5 Å². The molecule has 0 radical (unpaired) electrons. The van der Waals surface area contributed by atoms with Gasteiger partial charge in [0, 0.05) is 68.4 Å². The zero-order valence-corrected chi connectivity index (χ0v) is 31.8. The van der Waals surface area contributed by atoms with Crippen molar-refractivity contribution in [3.63, 3.8) is 0 Å². The first-order chi connectivity index (χ1) is 28.9. The summed E-state index contributed by atoms with van der Waals surface area (Å²) in [7, 11) is 0. The van der Waals surface area contributed by atoms with E-state index >= 15 is 0 Å². The Morgan fingerprint density at radius 3 is 1.37 bits per heavy atom. The highest BCUT2D eigenvalue weighted by molar-refractivity contribution is 5.90. The molecule has 9 rings (SSSR count). The number of hydrogen-bond donors (Lipinski definition) is 4. The molecule has 4 N–H and O–H groups in total. The first-order valence-corrected chi connectivity index (χ1v) is 19.4. The summed E-state index contributed by atoms with van der Waals surface area (Å²) >= 11 is 0. The molecular weight excluding hydrogens is 753 g/mol. The fourth-order valence-electron chi connectivity index (χ4n) is 7.94. The van der Waals surface area contributed by atoms with Gasteiger partial charge in [-0.15, -0.1) is 0 Å². The molecule has 4 atom stereocenters. The van der Waals surface area contributed by atoms with Crippen molar-refractivity contribution in [1.29, 1.82) is 0 Å². The van der Waals surface area contributed by atoms with Crippen molar-refractivity contribution in [1.82, 2.24) is 19.9 Å². The molecule has 13 nitrogen and oxygen atoms in total. The lowest BCUT2D eigenvalue weighted by atomic mass is 10.0. The lowest BCUT2D eigenvalue weighted by molar-refractivity contribution is -0.178. The van der Waals surface area contributed by atoms with Crippen LogP contribution >= 0.6 is 0 Å². The molecule has 1 aliphatic rings. The number of ether oxygens (including phenoxy) is 5. The standard InChI is InChI=1S/C46H40N4O9/c51-41(17-27-21-47-35-13-5-1-9-31(27)35)55-25-39(57-42(52)18-28-22-48-36-14-6-2-10-32(28)36)45-46(59-44(54)20-30-24-50-38-16-8-4-12-34(30)38)40(26-56-45)58-43(53)19-29-23-49-37-15-7-3-11-33(29)37/h1-16,21-24,39-40,45-50H,17-20,25-26H2/t39?,40-,45+,46+/m0/s1. The zero-order valence-electron chi connectivity index (χ0n) is 31.8. The second-order valence-electron chi connectivity index (χ2n) is 14.6. The van der Waals surface area contributed by atoms with Crippen LogP contribution in [-0.4, -0.2) is 81.4 Å². The van der Waals surface area contributed by atoms with Crippen molar-refractivity contribution < 1.29 is 42.9 Å². The zero-order chi connectivity index (χ0) is 40.3. The topological polar surface area (TPSA) is 178 Å². The number of aromatic amines is 4. The van der Waals surface area contributed by atoms with Gasteiger partial charge in [-0.05, 0) is 46.5 Å². The summed E-state index contributed by atoms with van der Waals surface area (Å²) in [6.45, 7) is -0.590. The van der Waals surface area contributed by atoms with Crippen molar-refractivity contribution in [2.45, 2.75) is 50.1 Å². The Balaban J connectivity index is 0.973. The molecule has 1 unspecified atom stereocenters. The van der Waals surface area contributed by atoms with E-state index in [0.717, 1.165) is 54.7 Å². The molecule has 0 saturated carbocycles. The number of carbonyl (C=O) groups excluding carboxylic acids is 4. The molecule has 4 aromatic heterocycles. The maximum atomic E-state index is 13.8. The molecule has 0 spiro atoms. The van der Waals surface area contributed by atoms with Gasteiger partial charge in [0.1, 0.15) is 12.7 Å². The van der Waals surface area contributed by atoms with Crippen LogP contribution in [-0.2, 0) is 68.5 Å². The molecule has 0 aliphatic carbocycles. The molecule has 13 heteroatoms. The summed E-state index contributed by atoms with van der Waals surface area (Å²) in [5.74, 6) is -2.38. The van der Waals surface area contributed by atoms with Crippen LogP contribution in [0.4, 0.5) is 0 Å². The summed E-state index contributed by atoms with van der Waals surface area (Å²) in [6, 6.07) is 30.4. The van der Waals surface area contributed by atoms with E-state index in [0.29, 0.717) is 11.1 Å². The third kappa shape index (κ3) is 8.05. The van der Waals surface area contributed by atoms with Gasteiger partial charge >= 0.3 is 23.9 Å². The van der Waals surface area contributed by atoms with Crippen LogP contribution in [0.25, 0.3) is 43.6 Å². The average molecular weight is 793 g/mol. The number of rotatable bonds is 14. The minimum atomic E-state index is -1.25. The van der Waals surface area contributed by atoms with E-state index in [1.165, 1.54) is 0 Å². The van der Waals surface area contributed by atoms with Crippen LogP contribution in [0.2, 0.25) is 0 Å². The number of nitrogens with one attached hydrogen (secondary N) is 4. The second kappa shape index (κ2) is 16.4. The summed E-state index contributed by atoms with van der Waals surface area (Å²) in [4.78, 5) is 67.1. The van der Waals surface area contributed by atoms with Crippen molar-refractivity contribution in [3.8, 4) is 0 Å². The van der Waals surface area contributed by atoms with Gasteiger partial charge in [0.15, 0.2) is 18.3 Å². The van der Waals surface area contributed by atoms with Crippen molar-refractivity contribution in [2.24, 2.45) is 0 Å². The molecule has 0 bridgehead atoms. The molecule has 8 aromatic rings. The lowest BCUT2D eigenvalue weighted by Crippen LogP contribution is -2.47. The molecule has 0 amide bonds. The number of H-pyrrole nitrogens is 4. The maximum Gasteiger partial charge on any atom is 0.310 e. The van der Waals surface area contributed by atoms with E-state index in [-0.39, 0.29) is 32.3 Å². The molecule has 1 saturated heterocycles. The fourth-order valence-corrected chi connectivity index (χ4v) is 7.94. The van der Waals surface area contributed by atoms with Gasteiger partial charge in [-0.25, -0.2) is 0 Å². The summed E-state index contributed by atoms with van der Waals surface area (Å²) < 4.78 is 30.2. The molecular formula is C46H40N4O9. The fraction of sp³-hybridized carbons (Fsp3) is 0.217. The molecule has 59 heavy (non-hydrogen) atoms. The van der Waals surface area contributed by atoms with Gasteiger partial charge in [0.2, 0.25) is 0 Å². The minimum absolute atomic E-state index is 0.0529. The third-order valence-corrected chi connectivity index (χ3v) is 10.8. The monoisotopic (exact) mass is 792 g/mol. The van der Waals surface area contributed by atoms with Crippen LogP contribution in [0.1, 0.15) is 22.3 Å². The number of fused-ring (bicyclic) bond motifs is 4. The molecule has 4 aromatic carbocycles. The van der Waals surface area contributed by atoms with E-state index in [1.54, 1.807) is 24.8 Å². The first-order valence-electron chi connectivity index (χ1n) is 19.4. The lowest BCUT2D eigenvalue weighted by Gasteiger charge is -2.28. The Bertz CT molecular complexity index is 2810. The highest BCUT2D eigenvalue weighted by Crippen LogP contribution is 2.29. The minimum Gasteiger partial charge on any atom is -0.461 e. The van der Waals surface area contributed by atoms with Crippen LogP contribution in [0.5, 0.6) is 0 Å². The van der Waals surface area contributed by atoms with Gasteiger partial charge < -0.3 is 43.6 Å². The van der Waals surface area contributed by atoms with Gasteiger partial charge in [0.25, 0.3) is 0 Å². The largest absolute Gasteiger partial charge is 0.461 e. The quantitative estimate of drug-likeness (QED) is 0.0702. The number of aromatic nitrogens is 4. The SMILES string of the molecule is O=C(Cc1c[nH]c2ccccc12)OCC(OC(=O)Cc1c[nH]c2ccccc12)[C@H]1OC[C@H](OC(=O)Cc2c[nH]c3ccccc23)[C@H]1OC(=O)Cc1c[nH]c2ccccc12. The van der Waals surface area contributed by atoms with E-state index in [1.807, 2.05) is 97.1 Å². The smallest absolute Gasteiger partial charge is 0.310 e. The Morgan fingerprint density at radius 2 is 0.915 bits per heavy atom. The third-order valence-electron chi connectivity index (χ3n) is 10.8. The highest BCUT2D eigenvalue weighted by Gasteiger charge is 2.48. The predicted molar refractivity (Wildman–Crippen MR) is 218 cm³/mol. The number of hydrogen-bond acceptors (Lipinski definition) is 9. The van der Waals surface area contributed by atoms with Crippen LogP contribution < -0.4 is 0 Å². The Kier molecular flexibility index (Phi) is 10.4. The average Bonchev–Trinajstić information content (AvgIpc) is 4.10. The molecule has 1 aliphatic heterocycles. The van der Waals surface area contributed by atoms with Crippen LogP contribution in [0, 0.1) is 0 Å². The number of para-hydroxylation sites is 4. The molecule has 1 fully saturated rings. The van der Waals surface area contributed by atoms with Gasteiger partial charge in [-0.3, -0.25) is 19.2 Å². The van der Waals surface area contributed by atoms with E-state index in [2.05, 4.69) is 19.9 Å². The summed E-state index contributed by atoms with van der Waals surface area (Å²) in [5.41, 5.74) is 6.36. The Hall–Kier alpha value is -7.12. The van der Waals surface area contributed by atoms with E-state index in [4.69, 9.17) is 23.7 Å². The number of carbonyl (C=O) groups is 4. The first kappa shape index (κ1) is 37.5. The van der Waals surface area contributed by atoms with Gasteiger partial charge in [0.05, 0.1) is 32.3 Å². The van der Waals surface area contributed by atoms with Gasteiger partial charge in [-0.1, -0.05) is 72.8 Å².